The Morgan fingerprint density at radius 1 is 0.450 bits per heavy atom. The third kappa shape index (κ3) is 20.1. The highest BCUT2D eigenvalue weighted by Crippen LogP contribution is 2.38. The van der Waals surface area contributed by atoms with Crippen LogP contribution in [0.25, 0.3) is 67.1 Å². The first-order valence-electron chi connectivity index (χ1n) is 43.3. The van der Waals surface area contributed by atoms with E-state index in [2.05, 4.69) is 164 Å². The van der Waals surface area contributed by atoms with E-state index in [0.29, 0.717) is 103 Å². The zero-order chi connectivity index (χ0) is 91.7. The first-order chi connectivity index (χ1) is 63.4. The molecule has 15 aromatic rings. The Morgan fingerprint density at radius 2 is 0.893 bits per heavy atom. The van der Waals surface area contributed by atoms with Gasteiger partial charge in [-0.25, -0.2) is 67.7 Å². The molecule has 10 bridgehead atoms. The fraction of sp³-hybridized carbons (Fsp3) is 0.268. The number of benzene rings is 5. The number of nitrogens with zero attached hydrogens (tertiary/aromatic N) is 15. The van der Waals surface area contributed by atoms with Crippen molar-refractivity contribution in [1.29, 1.82) is 0 Å². The molecule has 10 aromatic heterocycles. The van der Waals surface area contributed by atoms with Crippen LogP contribution in [0.1, 0.15) is 152 Å². The van der Waals surface area contributed by atoms with Gasteiger partial charge < -0.3 is 86.7 Å². The molecule has 31 nitrogen and oxygen atoms in total. The minimum absolute atomic E-state index is 0.0631. The van der Waals surface area contributed by atoms with Gasteiger partial charge in [-0.1, -0.05) is 76.2 Å². The smallest absolute Gasteiger partial charge is 0.238 e. The van der Waals surface area contributed by atoms with Crippen LogP contribution in [0.15, 0.2) is 210 Å². The molecule has 0 saturated carbocycles. The molecule has 20 rings (SSSR count). The molecule has 131 heavy (non-hydrogen) atoms. The van der Waals surface area contributed by atoms with Crippen molar-refractivity contribution in [2.24, 2.45) is 0 Å². The Hall–Kier alpha value is -15.8. The summed E-state index contributed by atoms with van der Waals surface area (Å²) < 4.78 is 78.8. The molecular formula is C97H103F3N26O5. The number of hydrogen-bond acceptors (Lipinski definition) is 25. The van der Waals surface area contributed by atoms with E-state index in [9.17, 15) is 13.2 Å². The number of hydrogen-bond donors (Lipinski definition) is 11. The lowest BCUT2D eigenvalue weighted by Crippen LogP contribution is -2.28. The standard InChI is InChI=1S/C21H24FN5O.C20H19FN6O.C19H20FN5O.C19H21N5O.C18H19N5O/c1-5-17-20-14(4)23-11-12(2)28-18-7-6-15(22)10-16(18)13(3)24-19-8-9-27(26-17)21(20)25-19;1-12-9-23-13(2)16-10-24-27-7-6-19(26-20(16)27)25-17(11-22-3)15-8-14(21)4-5-18(15)28-12;1-10-7-21-11(2)15-8-22-19-18(15)25-17(9-23-19)24-12(3)14-6-13(20)4-5-16(14)26-10;1-12-11-24-19-16(10-21-24)13(2)20-8-9-25-17-7-5-4-6-15(17)14(3)22-18(12)23-19;1-12-15-11-20-23-9-7-17(22-18(15)23)21-13(2)14-5-3-4-6-16(14)24-10-8-19-12/h6-10,12-13,23H,4-5,11H2,1-3H3,(H,24,25);4-8,10,12,17,23H,2,9,11H2,1H3,(H,25,26);4-6,8-10,12,21H,2,7H2,1,3H3,(H,22,23)(H,24,25);4-7,10-11,14,20H,2,8-9H2,1,3H3,(H,22,23);3-7,9,11,13,19H,1,8,10H2,2H3,(H,21,22)/t12-,13+;12-,17+;10-,12+;14-;13-/m00011/s1. The van der Waals surface area contributed by atoms with Gasteiger partial charge in [0.1, 0.15) is 118 Å². The van der Waals surface area contributed by atoms with Crippen molar-refractivity contribution < 1.29 is 36.9 Å². The first kappa shape index (κ1) is 88.6. The molecule has 0 radical (unpaired) electrons. The van der Waals surface area contributed by atoms with Gasteiger partial charge in [0.2, 0.25) is 6.54 Å². The number of rotatable bonds is 2. The summed E-state index contributed by atoms with van der Waals surface area (Å²) in [6.45, 7) is 50.1. The van der Waals surface area contributed by atoms with Gasteiger partial charge in [-0.2, -0.15) is 20.4 Å². The number of fused-ring (bicyclic) bond motifs is 10. The third-order valence-corrected chi connectivity index (χ3v) is 22.5. The van der Waals surface area contributed by atoms with E-state index in [-0.39, 0.29) is 66.5 Å². The number of aryl methyl sites for hydroxylation is 2. The van der Waals surface area contributed by atoms with Gasteiger partial charge in [-0.3, -0.25) is 0 Å². The molecule has 5 aliphatic heterocycles. The van der Waals surface area contributed by atoms with E-state index >= 15 is 0 Å². The summed E-state index contributed by atoms with van der Waals surface area (Å²) in [5.74, 6) is 6.06. The summed E-state index contributed by atoms with van der Waals surface area (Å²) in [6, 6.07) is 34.4. The van der Waals surface area contributed by atoms with Crippen LogP contribution in [-0.2, 0) is 6.42 Å². The minimum Gasteiger partial charge on any atom is -0.491 e. The molecule has 0 amide bonds. The maximum Gasteiger partial charge on any atom is 0.238 e. The Balaban J connectivity index is 0.000000120. The molecule has 8 atom stereocenters. The third-order valence-electron chi connectivity index (χ3n) is 22.5. The lowest BCUT2D eigenvalue weighted by Gasteiger charge is -2.22. The molecule has 5 aromatic carbocycles. The Bertz CT molecular complexity index is 6830. The molecule has 15 heterocycles. The van der Waals surface area contributed by atoms with Crippen molar-refractivity contribution in [3.05, 3.63) is 306 Å². The SMILES string of the molecule is C=C1NCCOc2ccccc2[C@@H](C)Nc2ccn3ncc1c3n2.C=C1NCCOc2ccccc2[C@@H](C)Nc2nc3c1cnn3cc2C.C=C1NC[C@H](C)Oc2ccc(F)cc2[C@@H](C)Nc2ccn3nc(CC)c1c3n2.C=C1NC[C@H](C)Oc2ccc(F)cc2[C@@H](C)Nc2cnc3[nH]cc1c3n2.[C-]#[N+]C[C@H]1Nc2ccn3ncc(c3n2)C(=C)NC[C@H](C)Oc2ccc(F)cc21. The van der Waals surface area contributed by atoms with Crippen molar-refractivity contribution in [2.75, 3.05) is 79.1 Å². The van der Waals surface area contributed by atoms with Crippen LogP contribution in [-0.4, -0.2) is 144 Å². The summed E-state index contributed by atoms with van der Waals surface area (Å²) in [4.78, 5) is 34.6. The maximum atomic E-state index is 14.0. The second-order valence-electron chi connectivity index (χ2n) is 32.3. The van der Waals surface area contributed by atoms with Crippen LogP contribution in [0.2, 0.25) is 0 Å². The molecule has 34 heteroatoms. The second kappa shape index (κ2) is 39.2. The highest BCUT2D eigenvalue weighted by Gasteiger charge is 2.28. The summed E-state index contributed by atoms with van der Waals surface area (Å²) in [7, 11) is 0. The summed E-state index contributed by atoms with van der Waals surface area (Å²) in [5, 5.41) is 50.9. The van der Waals surface area contributed by atoms with Crippen LogP contribution in [0.4, 0.5) is 42.3 Å². The Labute approximate surface area is 755 Å². The van der Waals surface area contributed by atoms with Gasteiger partial charge in [0.05, 0.1) is 96.5 Å². The van der Waals surface area contributed by atoms with E-state index in [1.54, 1.807) is 73.3 Å². The number of nitrogens with one attached hydrogen (secondary N) is 11. The molecular weight excluding hydrogens is 1670 g/mol. The van der Waals surface area contributed by atoms with Gasteiger partial charge in [0, 0.05) is 112 Å². The van der Waals surface area contributed by atoms with Crippen molar-refractivity contribution in [1.82, 2.24) is 99.9 Å². The fourth-order valence-electron chi connectivity index (χ4n) is 15.7. The normalized spacial score (nSPS) is 18.9. The first-order valence-corrected chi connectivity index (χ1v) is 43.3. The van der Waals surface area contributed by atoms with Gasteiger partial charge in [-0.15, -0.1) is 0 Å². The van der Waals surface area contributed by atoms with E-state index in [4.69, 9.17) is 45.2 Å². The molecule has 11 N–H and O–H groups in total. The summed E-state index contributed by atoms with van der Waals surface area (Å²) in [6.07, 6.45) is 16.6. The van der Waals surface area contributed by atoms with Crippen LogP contribution in [0.5, 0.6) is 28.7 Å². The Morgan fingerprint density at radius 3 is 1.43 bits per heavy atom. The van der Waals surface area contributed by atoms with E-state index in [1.807, 2.05) is 115 Å². The van der Waals surface area contributed by atoms with Crippen molar-refractivity contribution >= 4 is 91.3 Å². The largest absolute Gasteiger partial charge is 0.491 e. The van der Waals surface area contributed by atoms with Crippen LogP contribution in [0, 0.1) is 30.9 Å². The maximum absolute atomic E-state index is 14.0. The number of anilines is 5. The van der Waals surface area contributed by atoms with Crippen molar-refractivity contribution in [3.8, 4) is 28.7 Å². The Kier molecular flexibility index (Phi) is 26.5. The second-order valence-corrected chi connectivity index (χ2v) is 32.3. The van der Waals surface area contributed by atoms with E-state index in [1.165, 1.54) is 36.4 Å². The molecule has 0 fully saturated rings. The molecule has 0 spiro atoms. The van der Waals surface area contributed by atoms with Crippen molar-refractivity contribution in [3.63, 3.8) is 0 Å². The number of halogens is 3. The van der Waals surface area contributed by atoms with Gasteiger partial charge >= 0.3 is 0 Å². The lowest BCUT2D eigenvalue weighted by molar-refractivity contribution is 0.220. The van der Waals surface area contributed by atoms with Crippen LogP contribution < -0.4 is 76.9 Å². The zero-order valence-corrected chi connectivity index (χ0v) is 74.1. The molecule has 0 aliphatic carbocycles. The topological polar surface area (TPSA) is 333 Å². The van der Waals surface area contributed by atoms with Crippen LogP contribution >= 0.6 is 0 Å². The number of ether oxygens (including phenoxy) is 5. The highest BCUT2D eigenvalue weighted by molar-refractivity contribution is 5.87. The predicted molar refractivity (Wildman–Crippen MR) is 504 cm³/mol. The van der Waals surface area contributed by atoms with E-state index < -0.39 is 6.04 Å². The number of aromatic nitrogens is 15. The van der Waals surface area contributed by atoms with Gasteiger partial charge in [-0.05, 0) is 147 Å². The average molecular weight is 1770 g/mol. The molecule has 672 valence electrons. The molecule has 0 saturated heterocycles. The highest BCUT2D eigenvalue weighted by atomic mass is 19.1. The lowest BCUT2D eigenvalue weighted by atomic mass is 10.1. The van der Waals surface area contributed by atoms with Crippen LogP contribution in [0.3, 0.4) is 0 Å². The fourth-order valence-corrected chi connectivity index (χ4v) is 15.7. The number of aromatic amines is 1. The predicted octanol–water partition coefficient (Wildman–Crippen LogP) is 16.9. The summed E-state index contributed by atoms with van der Waals surface area (Å²) in [5.41, 5.74) is 18.7. The zero-order valence-electron chi connectivity index (χ0n) is 74.1. The molecule has 5 aliphatic rings. The quantitative estimate of drug-likeness (QED) is 0.0716. The average Bonchev–Trinajstić information content (AvgIpc) is 1.63. The number of H-pyrrole nitrogens is 1. The number of para-hydroxylation sites is 2. The van der Waals surface area contributed by atoms with E-state index in [0.717, 1.165) is 136 Å². The monoisotopic (exact) mass is 1770 g/mol. The van der Waals surface area contributed by atoms with Crippen molar-refractivity contribution in [2.45, 2.75) is 117 Å². The summed E-state index contributed by atoms with van der Waals surface area (Å²) >= 11 is 0. The minimum atomic E-state index is -0.478. The van der Waals surface area contributed by atoms with Gasteiger partial charge in [0.15, 0.2) is 28.2 Å². The van der Waals surface area contributed by atoms with Gasteiger partial charge in [0.25, 0.3) is 0 Å². The molecule has 0 unspecified atom stereocenters.